The molecule has 0 aromatic carbocycles. The fraction of sp³-hybridized carbons (Fsp3) is 0.737. The van der Waals surface area contributed by atoms with Gasteiger partial charge in [-0.15, -0.1) is 0 Å². The van der Waals surface area contributed by atoms with Crippen LogP contribution in [0, 0.1) is 0 Å². The normalized spacial score (nSPS) is 12.4. The minimum absolute atomic E-state index is 0.254. The van der Waals surface area contributed by atoms with Crippen LogP contribution in [0.5, 0.6) is 0 Å². The van der Waals surface area contributed by atoms with E-state index in [9.17, 15) is 14.7 Å². The number of carbonyl (C=O) groups excluding carboxylic acids is 2. The maximum Gasteiger partial charge on any atom is 0.375 e. The molecule has 0 rings (SSSR count). The number of nitrogens with zero attached hydrogens (tertiary/aromatic N) is 1. The fourth-order valence-corrected chi connectivity index (χ4v) is 2.40. The summed E-state index contributed by atoms with van der Waals surface area (Å²) in [6.07, 6.45) is 11.1. The highest BCUT2D eigenvalue weighted by molar-refractivity contribution is 6.00. The summed E-state index contributed by atoms with van der Waals surface area (Å²) in [6.45, 7) is 2.21. The van der Waals surface area contributed by atoms with Gasteiger partial charge in [-0.2, -0.15) is 0 Å². The van der Waals surface area contributed by atoms with E-state index in [1.165, 1.54) is 45.6 Å². The SMILES string of the molecule is CCCCCCCCCCCC(=N/C(C(=O)OC)=C(\O)C(=O)OC)OC. The van der Waals surface area contributed by atoms with Gasteiger partial charge in [-0.3, -0.25) is 0 Å². The van der Waals surface area contributed by atoms with E-state index in [1.54, 1.807) is 0 Å². The van der Waals surface area contributed by atoms with Gasteiger partial charge in [0.15, 0.2) is 5.90 Å². The van der Waals surface area contributed by atoms with E-state index in [0.29, 0.717) is 6.42 Å². The summed E-state index contributed by atoms with van der Waals surface area (Å²) in [7, 11) is 3.66. The van der Waals surface area contributed by atoms with Crippen LogP contribution in [0.3, 0.4) is 0 Å². The molecule has 0 saturated heterocycles. The first-order valence-corrected chi connectivity index (χ1v) is 9.23. The zero-order valence-corrected chi connectivity index (χ0v) is 16.5. The lowest BCUT2D eigenvalue weighted by molar-refractivity contribution is -0.141. The fourth-order valence-electron chi connectivity index (χ4n) is 2.40. The highest BCUT2D eigenvalue weighted by atomic mass is 16.5. The molecule has 0 aliphatic carbocycles. The van der Waals surface area contributed by atoms with Crippen LogP contribution in [0.25, 0.3) is 0 Å². The van der Waals surface area contributed by atoms with Crippen molar-refractivity contribution in [1.29, 1.82) is 0 Å². The van der Waals surface area contributed by atoms with Crippen LogP contribution < -0.4 is 0 Å². The Labute approximate surface area is 156 Å². The number of ether oxygens (including phenoxy) is 3. The lowest BCUT2D eigenvalue weighted by Gasteiger charge is -2.08. The smallest absolute Gasteiger partial charge is 0.375 e. The maximum absolute atomic E-state index is 11.7. The topological polar surface area (TPSA) is 94.4 Å². The summed E-state index contributed by atoms with van der Waals surface area (Å²) >= 11 is 0. The van der Waals surface area contributed by atoms with Crippen LogP contribution in [0.2, 0.25) is 0 Å². The number of esters is 2. The molecule has 0 fully saturated rings. The molecule has 0 aromatic rings. The van der Waals surface area contributed by atoms with Crippen LogP contribution >= 0.6 is 0 Å². The molecule has 0 unspecified atom stereocenters. The Hall–Kier alpha value is -2.05. The second-order valence-corrected chi connectivity index (χ2v) is 5.97. The summed E-state index contributed by atoms with van der Waals surface area (Å²) in [5.74, 6) is -2.65. The molecule has 1 N–H and O–H groups in total. The van der Waals surface area contributed by atoms with Gasteiger partial charge in [0.25, 0.3) is 0 Å². The first-order chi connectivity index (χ1) is 12.5. The van der Waals surface area contributed by atoms with E-state index in [0.717, 1.165) is 33.5 Å². The summed E-state index contributed by atoms with van der Waals surface area (Å²) in [6, 6.07) is 0. The molecule has 0 atom stereocenters. The number of rotatable bonds is 13. The van der Waals surface area contributed by atoms with Crippen molar-refractivity contribution in [3.63, 3.8) is 0 Å². The molecular weight excluding hydrogens is 338 g/mol. The molecule has 0 bridgehead atoms. The first-order valence-electron chi connectivity index (χ1n) is 9.23. The third kappa shape index (κ3) is 10.1. The second-order valence-electron chi connectivity index (χ2n) is 5.97. The lowest BCUT2D eigenvalue weighted by atomic mass is 10.1. The molecule has 0 aromatic heterocycles. The van der Waals surface area contributed by atoms with Gasteiger partial charge in [-0.25, -0.2) is 14.6 Å². The Morgan fingerprint density at radius 3 is 1.73 bits per heavy atom. The summed E-state index contributed by atoms with van der Waals surface area (Å²) in [5.41, 5.74) is -0.521. The van der Waals surface area contributed by atoms with Crippen molar-refractivity contribution in [2.75, 3.05) is 21.3 Å². The van der Waals surface area contributed by atoms with Crippen molar-refractivity contribution in [2.24, 2.45) is 4.99 Å². The van der Waals surface area contributed by atoms with E-state index in [2.05, 4.69) is 21.4 Å². The summed E-state index contributed by atoms with van der Waals surface area (Å²) < 4.78 is 14.1. The molecular formula is C19H33NO6. The Balaban J connectivity index is 4.54. The average Bonchev–Trinajstić information content (AvgIpc) is 2.67. The molecule has 150 valence electrons. The third-order valence-electron chi connectivity index (χ3n) is 3.95. The number of hydrogen-bond acceptors (Lipinski definition) is 7. The quantitative estimate of drug-likeness (QED) is 0.131. The van der Waals surface area contributed by atoms with Crippen molar-refractivity contribution in [1.82, 2.24) is 0 Å². The van der Waals surface area contributed by atoms with Crippen molar-refractivity contribution >= 4 is 17.8 Å². The summed E-state index contributed by atoms with van der Waals surface area (Å²) in [5, 5.41) is 9.80. The van der Waals surface area contributed by atoms with Gasteiger partial charge < -0.3 is 19.3 Å². The van der Waals surface area contributed by atoms with Crippen molar-refractivity contribution in [2.45, 2.75) is 71.1 Å². The van der Waals surface area contributed by atoms with Gasteiger partial charge in [0.05, 0.1) is 21.3 Å². The van der Waals surface area contributed by atoms with E-state index < -0.39 is 23.4 Å². The van der Waals surface area contributed by atoms with Crippen LogP contribution in [0.15, 0.2) is 16.4 Å². The van der Waals surface area contributed by atoms with E-state index in [4.69, 9.17) is 4.74 Å². The Kier molecular flexibility index (Phi) is 14.0. The number of carbonyl (C=O) groups is 2. The Bertz CT molecular complexity index is 484. The zero-order valence-electron chi connectivity index (χ0n) is 16.5. The minimum atomic E-state index is -1.06. The number of unbranched alkanes of at least 4 members (excludes halogenated alkanes) is 8. The Morgan fingerprint density at radius 2 is 1.27 bits per heavy atom. The van der Waals surface area contributed by atoms with Gasteiger partial charge in [0.2, 0.25) is 11.5 Å². The monoisotopic (exact) mass is 371 g/mol. The number of aliphatic imine (C=N–C) groups is 1. The predicted octanol–water partition coefficient (Wildman–Crippen LogP) is 4.07. The van der Waals surface area contributed by atoms with Crippen LogP contribution in [0.1, 0.15) is 71.1 Å². The summed E-state index contributed by atoms with van der Waals surface area (Å²) in [4.78, 5) is 27.1. The molecule has 0 saturated carbocycles. The zero-order chi connectivity index (χ0) is 19.8. The molecule has 0 amide bonds. The van der Waals surface area contributed by atoms with Crippen LogP contribution in [0.4, 0.5) is 0 Å². The molecule has 0 aliphatic rings. The number of hydrogen-bond donors (Lipinski definition) is 1. The van der Waals surface area contributed by atoms with E-state index >= 15 is 0 Å². The predicted molar refractivity (Wildman–Crippen MR) is 100.0 cm³/mol. The number of aliphatic hydroxyl groups excluding tert-OH is 1. The lowest BCUT2D eigenvalue weighted by Crippen LogP contribution is -2.15. The molecule has 26 heavy (non-hydrogen) atoms. The molecule has 0 aliphatic heterocycles. The minimum Gasteiger partial charge on any atom is -0.500 e. The number of aliphatic hydroxyl groups is 1. The molecule has 0 heterocycles. The first kappa shape index (κ1) is 23.9. The van der Waals surface area contributed by atoms with Crippen LogP contribution in [-0.2, 0) is 23.8 Å². The average molecular weight is 371 g/mol. The van der Waals surface area contributed by atoms with Crippen LogP contribution in [-0.4, -0.2) is 44.3 Å². The molecule has 0 spiro atoms. The largest absolute Gasteiger partial charge is 0.500 e. The second kappa shape index (κ2) is 15.2. The molecule has 7 nitrogen and oxygen atoms in total. The van der Waals surface area contributed by atoms with Gasteiger partial charge in [0, 0.05) is 6.42 Å². The maximum atomic E-state index is 11.7. The standard InChI is InChI=1S/C19H33NO6/c1-5-6-7-8-9-10-11-12-13-14-15(24-2)20-16(18(22)25-3)17(21)19(23)26-4/h21H,5-14H2,1-4H3/b17-16-,20-15?. The molecule has 0 radical (unpaired) electrons. The van der Waals surface area contributed by atoms with E-state index in [1.807, 2.05) is 0 Å². The van der Waals surface area contributed by atoms with Gasteiger partial charge in [-0.1, -0.05) is 58.3 Å². The number of methoxy groups -OCH3 is 3. The van der Waals surface area contributed by atoms with Crippen molar-refractivity contribution < 1.29 is 28.9 Å². The molecule has 7 heteroatoms. The van der Waals surface area contributed by atoms with Gasteiger partial charge >= 0.3 is 11.9 Å². The van der Waals surface area contributed by atoms with Gasteiger partial charge in [0.1, 0.15) is 0 Å². The van der Waals surface area contributed by atoms with E-state index in [-0.39, 0.29) is 5.90 Å². The van der Waals surface area contributed by atoms with Gasteiger partial charge in [-0.05, 0) is 6.42 Å². The van der Waals surface area contributed by atoms with Crippen molar-refractivity contribution in [3.8, 4) is 0 Å². The third-order valence-corrected chi connectivity index (χ3v) is 3.95. The highest BCUT2D eigenvalue weighted by Crippen LogP contribution is 2.13. The van der Waals surface area contributed by atoms with Crippen molar-refractivity contribution in [3.05, 3.63) is 11.5 Å². The Morgan fingerprint density at radius 1 is 0.769 bits per heavy atom. The highest BCUT2D eigenvalue weighted by Gasteiger charge is 2.22.